The van der Waals surface area contributed by atoms with Gasteiger partial charge in [-0.05, 0) is 48.9 Å². The van der Waals surface area contributed by atoms with Gasteiger partial charge in [0, 0.05) is 15.7 Å². The predicted molar refractivity (Wildman–Crippen MR) is 86.3 cm³/mol. The van der Waals surface area contributed by atoms with Gasteiger partial charge < -0.3 is 10.0 Å². The van der Waals surface area contributed by atoms with Gasteiger partial charge in [0.25, 0.3) is 0 Å². The lowest BCUT2D eigenvalue weighted by atomic mass is 10.1. The van der Waals surface area contributed by atoms with Crippen LogP contribution >= 0.6 is 23.2 Å². The molecule has 1 unspecified atom stereocenters. The van der Waals surface area contributed by atoms with Crippen LogP contribution < -0.4 is 4.90 Å². The molecule has 0 spiro atoms. The Hall–Kier alpha value is -1.71. The molecule has 110 valence electrons. The van der Waals surface area contributed by atoms with E-state index in [9.17, 15) is 4.79 Å². The normalized spacial score (nSPS) is 12.0. The molecule has 0 aliphatic rings. The topological polar surface area (TPSA) is 40.5 Å². The standard InChI is InChI=1S/C16H15Cl2NO2/c1-11(12-3-2-4-14(18)9-12)19(10-16(20)21)15-7-5-13(17)6-8-15/h2-9,11H,10H2,1H3,(H,20,21). The second-order valence-electron chi connectivity index (χ2n) is 4.73. The number of benzene rings is 2. The van der Waals surface area contributed by atoms with Crippen LogP contribution in [0.5, 0.6) is 0 Å². The fraction of sp³-hybridized carbons (Fsp3) is 0.188. The van der Waals surface area contributed by atoms with E-state index < -0.39 is 5.97 Å². The van der Waals surface area contributed by atoms with Gasteiger partial charge in [-0.25, -0.2) is 0 Å². The van der Waals surface area contributed by atoms with E-state index in [0.29, 0.717) is 10.0 Å². The van der Waals surface area contributed by atoms with Crippen LogP contribution in [0.4, 0.5) is 5.69 Å². The Balaban J connectivity index is 2.35. The van der Waals surface area contributed by atoms with Crippen molar-refractivity contribution in [2.45, 2.75) is 13.0 Å². The summed E-state index contributed by atoms with van der Waals surface area (Å²) in [5, 5.41) is 10.4. The highest BCUT2D eigenvalue weighted by atomic mass is 35.5. The summed E-state index contributed by atoms with van der Waals surface area (Å²) in [5.74, 6) is -0.890. The van der Waals surface area contributed by atoms with Gasteiger partial charge in [-0.2, -0.15) is 0 Å². The average molecular weight is 324 g/mol. The number of nitrogens with zero attached hydrogens (tertiary/aromatic N) is 1. The minimum atomic E-state index is -0.890. The lowest BCUT2D eigenvalue weighted by Crippen LogP contribution is -2.32. The third-order valence-electron chi connectivity index (χ3n) is 3.26. The third kappa shape index (κ3) is 4.13. The van der Waals surface area contributed by atoms with Gasteiger partial charge in [0.1, 0.15) is 6.54 Å². The molecular weight excluding hydrogens is 309 g/mol. The average Bonchev–Trinajstić information content (AvgIpc) is 2.45. The van der Waals surface area contributed by atoms with Crippen molar-refractivity contribution in [3.63, 3.8) is 0 Å². The molecule has 0 saturated carbocycles. The molecule has 21 heavy (non-hydrogen) atoms. The Morgan fingerprint density at radius 1 is 1.14 bits per heavy atom. The number of rotatable bonds is 5. The first-order valence-electron chi connectivity index (χ1n) is 6.47. The summed E-state index contributed by atoms with van der Waals surface area (Å²) in [7, 11) is 0. The summed E-state index contributed by atoms with van der Waals surface area (Å²) in [5.41, 5.74) is 1.76. The van der Waals surface area contributed by atoms with Gasteiger partial charge in [-0.3, -0.25) is 4.79 Å². The number of carboxylic acids is 1. The molecule has 0 aliphatic carbocycles. The van der Waals surface area contributed by atoms with E-state index in [4.69, 9.17) is 28.3 Å². The molecule has 5 heteroatoms. The molecule has 0 radical (unpaired) electrons. The van der Waals surface area contributed by atoms with Crippen molar-refractivity contribution in [3.8, 4) is 0 Å². The smallest absolute Gasteiger partial charge is 0.323 e. The number of anilines is 1. The van der Waals surface area contributed by atoms with Crippen molar-refractivity contribution in [2.24, 2.45) is 0 Å². The lowest BCUT2D eigenvalue weighted by molar-refractivity contribution is -0.135. The summed E-state index contributed by atoms with van der Waals surface area (Å²) in [6.07, 6.45) is 0. The maximum absolute atomic E-state index is 11.2. The van der Waals surface area contributed by atoms with E-state index >= 15 is 0 Å². The quantitative estimate of drug-likeness (QED) is 0.870. The van der Waals surface area contributed by atoms with Gasteiger partial charge in [0.2, 0.25) is 0 Å². The minimum absolute atomic E-state index is 0.102. The van der Waals surface area contributed by atoms with Crippen molar-refractivity contribution >= 4 is 34.9 Å². The first-order valence-corrected chi connectivity index (χ1v) is 7.22. The van der Waals surface area contributed by atoms with Crippen LogP contribution in [-0.4, -0.2) is 17.6 Å². The van der Waals surface area contributed by atoms with Crippen LogP contribution in [-0.2, 0) is 4.79 Å². The van der Waals surface area contributed by atoms with Crippen molar-refractivity contribution < 1.29 is 9.90 Å². The molecule has 0 aliphatic heterocycles. The van der Waals surface area contributed by atoms with Gasteiger partial charge in [-0.15, -0.1) is 0 Å². The number of carbonyl (C=O) groups is 1. The zero-order valence-corrected chi connectivity index (χ0v) is 13.0. The molecule has 2 aromatic carbocycles. The van der Waals surface area contributed by atoms with Crippen molar-refractivity contribution in [3.05, 3.63) is 64.1 Å². The van der Waals surface area contributed by atoms with Gasteiger partial charge in [0.15, 0.2) is 0 Å². The van der Waals surface area contributed by atoms with Gasteiger partial charge >= 0.3 is 5.97 Å². The summed E-state index contributed by atoms with van der Waals surface area (Å²) >= 11 is 11.9. The Morgan fingerprint density at radius 2 is 1.81 bits per heavy atom. The first kappa shape index (κ1) is 15.7. The Morgan fingerprint density at radius 3 is 2.38 bits per heavy atom. The fourth-order valence-electron chi connectivity index (χ4n) is 2.18. The van der Waals surface area contributed by atoms with E-state index in [1.165, 1.54) is 0 Å². The van der Waals surface area contributed by atoms with E-state index in [1.54, 1.807) is 23.1 Å². The Bertz CT molecular complexity index is 628. The predicted octanol–water partition coefficient (Wildman–Crippen LogP) is 4.65. The van der Waals surface area contributed by atoms with Crippen LogP contribution in [0, 0.1) is 0 Å². The van der Waals surface area contributed by atoms with Gasteiger partial charge in [0.05, 0.1) is 6.04 Å². The number of carboxylic acid groups (broad SMARTS) is 1. The van der Waals surface area contributed by atoms with Crippen molar-refractivity contribution in [1.29, 1.82) is 0 Å². The Labute approximate surface area is 133 Å². The lowest BCUT2D eigenvalue weighted by Gasteiger charge is -2.30. The number of aliphatic carboxylic acids is 1. The molecule has 0 saturated heterocycles. The first-order chi connectivity index (χ1) is 9.97. The summed E-state index contributed by atoms with van der Waals surface area (Å²) in [6, 6.07) is 14.4. The largest absolute Gasteiger partial charge is 0.480 e. The fourth-order valence-corrected chi connectivity index (χ4v) is 2.50. The number of hydrogen-bond donors (Lipinski definition) is 1. The second kappa shape index (κ2) is 6.83. The van der Waals surface area contributed by atoms with Crippen LogP contribution in [0.25, 0.3) is 0 Å². The molecule has 0 fully saturated rings. The molecule has 3 nitrogen and oxygen atoms in total. The highest BCUT2D eigenvalue weighted by molar-refractivity contribution is 6.30. The maximum atomic E-state index is 11.2. The van der Waals surface area contributed by atoms with Gasteiger partial charge in [-0.1, -0.05) is 35.3 Å². The zero-order valence-electron chi connectivity index (χ0n) is 11.5. The van der Waals surface area contributed by atoms with E-state index in [0.717, 1.165) is 11.3 Å². The molecule has 0 bridgehead atoms. The van der Waals surface area contributed by atoms with E-state index in [1.807, 2.05) is 37.3 Å². The molecule has 1 atom stereocenters. The van der Waals surface area contributed by atoms with Crippen molar-refractivity contribution in [1.82, 2.24) is 0 Å². The molecule has 0 amide bonds. The molecule has 0 heterocycles. The second-order valence-corrected chi connectivity index (χ2v) is 5.60. The monoisotopic (exact) mass is 323 g/mol. The van der Waals surface area contributed by atoms with Crippen LogP contribution in [0.15, 0.2) is 48.5 Å². The summed E-state index contributed by atoms with van der Waals surface area (Å²) in [6.45, 7) is 1.85. The molecular formula is C16H15Cl2NO2. The van der Waals surface area contributed by atoms with E-state index in [2.05, 4.69) is 0 Å². The number of halogens is 2. The highest BCUT2D eigenvalue weighted by Gasteiger charge is 2.19. The minimum Gasteiger partial charge on any atom is -0.480 e. The third-order valence-corrected chi connectivity index (χ3v) is 3.75. The molecule has 0 aromatic heterocycles. The van der Waals surface area contributed by atoms with E-state index in [-0.39, 0.29) is 12.6 Å². The van der Waals surface area contributed by atoms with Crippen LogP contribution in [0.1, 0.15) is 18.5 Å². The molecule has 2 aromatic rings. The number of hydrogen-bond acceptors (Lipinski definition) is 2. The Kier molecular flexibility index (Phi) is 5.10. The summed E-state index contributed by atoms with van der Waals surface area (Å²) < 4.78 is 0. The van der Waals surface area contributed by atoms with Crippen LogP contribution in [0.2, 0.25) is 10.0 Å². The zero-order chi connectivity index (χ0) is 15.4. The SMILES string of the molecule is CC(c1cccc(Cl)c1)N(CC(=O)O)c1ccc(Cl)cc1. The van der Waals surface area contributed by atoms with Crippen molar-refractivity contribution in [2.75, 3.05) is 11.4 Å². The maximum Gasteiger partial charge on any atom is 0.323 e. The highest BCUT2D eigenvalue weighted by Crippen LogP contribution is 2.29. The summed E-state index contributed by atoms with van der Waals surface area (Å²) in [4.78, 5) is 13.0. The molecule has 1 N–H and O–H groups in total. The van der Waals surface area contributed by atoms with Crippen LogP contribution in [0.3, 0.4) is 0 Å². The molecule has 2 rings (SSSR count).